The molecule has 0 fully saturated rings. The molecule has 0 unspecified atom stereocenters. The number of amides is 2. The largest absolute Gasteiger partial charge is 0.425 e. The molecule has 2 aromatic carbocycles. The van der Waals surface area contributed by atoms with Gasteiger partial charge in [-0.3, -0.25) is 9.59 Å². The molecule has 0 atom stereocenters. The average Bonchev–Trinajstić information content (AvgIpc) is 2.91. The van der Waals surface area contributed by atoms with E-state index in [9.17, 15) is 19.2 Å². The van der Waals surface area contributed by atoms with Crippen molar-refractivity contribution in [3.63, 3.8) is 0 Å². The van der Waals surface area contributed by atoms with Crippen molar-refractivity contribution in [2.45, 2.75) is 13.3 Å². The standard InChI is InChI=1S/C18H18O6.C4H9NO.C3H7NO2/c19-17(23-15-7-3-1-4-8-15)13-21-11-12-22-14-18(20)24-16-9-5-2-6-10-16;1-3-4(6)5-2;1-4-3(6)2-5/h1-10H,11-14H2;3H2,1-2H3,(H,5,6);5H,2H2,1H3,(H,4,6). The first-order chi connectivity index (χ1) is 17.4. The van der Waals surface area contributed by atoms with Crippen LogP contribution in [0.4, 0.5) is 0 Å². The number of aliphatic hydroxyl groups is 1. The number of hydrogen-bond acceptors (Lipinski definition) is 9. The second-order valence-electron chi connectivity index (χ2n) is 6.54. The molecule has 3 N–H and O–H groups in total. The minimum Gasteiger partial charge on any atom is -0.425 e. The Morgan fingerprint density at radius 1 is 0.694 bits per heavy atom. The predicted octanol–water partition coefficient (Wildman–Crippen LogP) is 1.10. The third kappa shape index (κ3) is 18.6. The zero-order valence-electron chi connectivity index (χ0n) is 20.7. The number of nitrogens with one attached hydrogen (secondary N) is 2. The lowest BCUT2D eigenvalue weighted by molar-refractivity contribution is -0.143. The highest BCUT2D eigenvalue weighted by Crippen LogP contribution is 2.09. The Morgan fingerprint density at radius 2 is 1.08 bits per heavy atom. The average molecular weight is 507 g/mol. The van der Waals surface area contributed by atoms with E-state index in [-0.39, 0.29) is 38.2 Å². The van der Waals surface area contributed by atoms with E-state index in [4.69, 9.17) is 24.1 Å². The third-order valence-corrected chi connectivity index (χ3v) is 3.78. The maximum atomic E-state index is 11.5. The van der Waals surface area contributed by atoms with Crippen LogP contribution in [0.5, 0.6) is 11.5 Å². The Morgan fingerprint density at radius 3 is 1.33 bits per heavy atom. The summed E-state index contributed by atoms with van der Waals surface area (Å²) in [6.45, 7) is 1.36. The number of ether oxygens (including phenoxy) is 4. The predicted molar refractivity (Wildman–Crippen MR) is 131 cm³/mol. The lowest BCUT2D eigenvalue weighted by Crippen LogP contribution is -2.20. The molecule has 0 bridgehead atoms. The van der Waals surface area contributed by atoms with Gasteiger partial charge in [0.1, 0.15) is 31.3 Å². The Hall–Kier alpha value is -3.80. The van der Waals surface area contributed by atoms with Gasteiger partial charge < -0.3 is 34.7 Å². The van der Waals surface area contributed by atoms with Crippen LogP contribution in [0.3, 0.4) is 0 Å². The normalized spacial score (nSPS) is 9.33. The van der Waals surface area contributed by atoms with E-state index in [1.807, 2.05) is 19.1 Å². The van der Waals surface area contributed by atoms with Crippen LogP contribution in [0.1, 0.15) is 13.3 Å². The summed E-state index contributed by atoms with van der Waals surface area (Å²) in [6, 6.07) is 17.5. The van der Waals surface area contributed by atoms with E-state index in [1.165, 1.54) is 7.05 Å². The number of rotatable bonds is 11. The minimum absolute atomic E-state index is 0.0926. The minimum atomic E-state index is -0.496. The lowest BCUT2D eigenvalue weighted by Gasteiger charge is -2.07. The van der Waals surface area contributed by atoms with E-state index < -0.39 is 18.5 Å². The summed E-state index contributed by atoms with van der Waals surface area (Å²) in [7, 11) is 3.10. The van der Waals surface area contributed by atoms with Gasteiger partial charge in [0.05, 0.1) is 13.2 Å². The molecule has 36 heavy (non-hydrogen) atoms. The number of likely N-dealkylation sites (N-methyl/N-ethyl adjacent to an activating group) is 1. The van der Waals surface area contributed by atoms with E-state index in [1.54, 1.807) is 55.6 Å². The molecule has 0 saturated heterocycles. The number of para-hydroxylation sites is 2. The van der Waals surface area contributed by atoms with Crippen molar-refractivity contribution in [2.24, 2.45) is 0 Å². The van der Waals surface area contributed by atoms with E-state index in [2.05, 4.69) is 10.6 Å². The van der Waals surface area contributed by atoms with Gasteiger partial charge in [-0.15, -0.1) is 0 Å². The molecule has 11 nitrogen and oxygen atoms in total. The van der Waals surface area contributed by atoms with Gasteiger partial charge in [0, 0.05) is 20.5 Å². The summed E-state index contributed by atoms with van der Waals surface area (Å²) in [5, 5.41) is 12.6. The number of aliphatic hydroxyl groups excluding tert-OH is 1. The summed E-state index contributed by atoms with van der Waals surface area (Å²) in [6.07, 6.45) is 0.580. The first kappa shape index (κ1) is 32.2. The Bertz CT molecular complexity index is 792. The van der Waals surface area contributed by atoms with Crippen LogP contribution in [0, 0.1) is 0 Å². The summed E-state index contributed by atoms with van der Waals surface area (Å²) in [5.41, 5.74) is 0. The number of carbonyl (C=O) groups excluding carboxylic acids is 4. The van der Waals surface area contributed by atoms with Crippen molar-refractivity contribution >= 4 is 23.8 Å². The second kappa shape index (κ2) is 21.7. The number of carbonyl (C=O) groups is 4. The fraction of sp³-hybridized carbons (Fsp3) is 0.360. The molecule has 0 spiro atoms. The zero-order valence-corrected chi connectivity index (χ0v) is 20.7. The molecule has 11 heteroatoms. The topological polar surface area (TPSA) is 149 Å². The second-order valence-corrected chi connectivity index (χ2v) is 6.54. The molecule has 2 rings (SSSR count). The van der Waals surface area contributed by atoms with Crippen molar-refractivity contribution in [1.82, 2.24) is 10.6 Å². The summed E-state index contributed by atoms with van der Waals surface area (Å²) >= 11 is 0. The fourth-order valence-corrected chi connectivity index (χ4v) is 1.98. The SMILES string of the molecule is CCC(=O)NC.CNC(=O)CO.O=C(COCCOCC(=O)Oc1ccccc1)Oc1ccccc1. The molecule has 0 radical (unpaired) electrons. The Kier molecular flexibility index (Phi) is 19.4. The Balaban J connectivity index is 0.000000846. The molecular formula is C25H34N2O9. The summed E-state index contributed by atoms with van der Waals surface area (Å²) in [5.74, 6) is -0.323. The quantitative estimate of drug-likeness (QED) is 0.231. The monoisotopic (exact) mass is 506 g/mol. The van der Waals surface area contributed by atoms with Crippen molar-refractivity contribution in [2.75, 3.05) is 47.1 Å². The van der Waals surface area contributed by atoms with Gasteiger partial charge in [-0.2, -0.15) is 0 Å². The number of esters is 2. The van der Waals surface area contributed by atoms with Crippen molar-refractivity contribution in [3.05, 3.63) is 60.7 Å². The van der Waals surface area contributed by atoms with Crippen LogP contribution in [0.15, 0.2) is 60.7 Å². The van der Waals surface area contributed by atoms with Crippen LogP contribution in [0.25, 0.3) is 0 Å². The molecule has 0 aliphatic heterocycles. The summed E-state index contributed by atoms with van der Waals surface area (Å²) < 4.78 is 20.3. The molecule has 0 heterocycles. The molecular weight excluding hydrogens is 472 g/mol. The molecule has 0 saturated carbocycles. The fourth-order valence-electron chi connectivity index (χ4n) is 1.98. The third-order valence-electron chi connectivity index (χ3n) is 3.78. The van der Waals surface area contributed by atoms with Crippen LogP contribution >= 0.6 is 0 Å². The molecule has 2 amide bonds. The van der Waals surface area contributed by atoms with Gasteiger partial charge in [0.2, 0.25) is 11.8 Å². The molecule has 198 valence electrons. The van der Waals surface area contributed by atoms with Crippen molar-refractivity contribution in [1.29, 1.82) is 0 Å². The van der Waals surface area contributed by atoms with Gasteiger partial charge in [-0.25, -0.2) is 9.59 Å². The first-order valence-corrected chi connectivity index (χ1v) is 11.0. The number of benzene rings is 2. The van der Waals surface area contributed by atoms with Gasteiger partial charge >= 0.3 is 11.9 Å². The van der Waals surface area contributed by atoms with E-state index >= 15 is 0 Å². The molecule has 0 aliphatic rings. The number of hydrogen-bond donors (Lipinski definition) is 3. The van der Waals surface area contributed by atoms with Crippen molar-refractivity contribution in [3.8, 4) is 11.5 Å². The highest BCUT2D eigenvalue weighted by molar-refractivity contribution is 5.76. The van der Waals surface area contributed by atoms with Gasteiger partial charge in [-0.05, 0) is 24.3 Å². The van der Waals surface area contributed by atoms with Gasteiger partial charge in [0.25, 0.3) is 0 Å². The van der Waals surface area contributed by atoms with Crippen LogP contribution in [-0.4, -0.2) is 76.0 Å². The molecule has 2 aromatic rings. The van der Waals surface area contributed by atoms with E-state index in [0.717, 1.165) is 0 Å². The van der Waals surface area contributed by atoms with Gasteiger partial charge in [0.15, 0.2) is 0 Å². The van der Waals surface area contributed by atoms with Crippen LogP contribution in [0.2, 0.25) is 0 Å². The molecule has 0 aromatic heterocycles. The zero-order chi connectivity index (χ0) is 27.0. The smallest absolute Gasteiger partial charge is 0.337 e. The van der Waals surface area contributed by atoms with Gasteiger partial charge in [-0.1, -0.05) is 43.3 Å². The highest BCUT2D eigenvalue weighted by Gasteiger charge is 2.06. The maximum Gasteiger partial charge on any atom is 0.337 e. The lowest BCUT2D eigenvalue weighted by atomic mass is 10.3. The van der Waals surface area contributed by atoms with E-state index in [0.29, 0.717) is 17.9 Å². The highest BCUT2D eigenvalue weighted by atomic mass is 16.6. The Labute approximate surface area is 210 Å². The molecule has 0 aliphatic carbocycles. The maximum absolute atomic E-state index is 11.5. The van der Waals surface area contributed by atoms with Crippen LogP contribution < -0.4 is 20.1 Å². The first-order valence-electron chi connectivity index (χ1n) is 11.0. The van der Waals surface area contributed by atoms with Crippen molar-refractivity contribution < 1.29 is 43.2 Å². The van der Waals surface area contributed by atoms with Crippen LogP contribution in [-0.2, 0) is 28.7 Å². The summed E-state index contributed by atoms with van der Waals surface area (Å²) in [4.78, 5) is 42.9.